The molecule has 0 amide bonds. The van der Waals surface area contributed by atoms with Gasteiger partial charge in [0, 0.05) is 34.1 Å². The molecule has 2 atom stereocenters. The molecule has 0 heterocycles. The van der Waals surface area contributed by atoms with Crippen LogP contribution >= 0.6 is 0 Å². The molecular formula is C90H60F4N2O2. The standard InChI is InChI=1S/C90H60F4N2O2/c1-3-59-19-45-77(46-20-59)97-79-49-31-65(32-50-79)89(63-27-35-67(91)36-28-63)85-17-7-5-15-81(85)83-53-43-75(57-87(83)89)95(73-13-9-11-69(93)55-73)71-39-23-61(24-40-71)62-25-41-72(42-26-62)96(74-14-10-12-70(94)56-74)76-44-54-84-82-16-6-8-18-86(82)90(88(84)58-76,64-29-37-68(92)38-30-64)66-33-51-80(52-34-66)98-78-47-21-60(4-2)22-48-78/h3-58H,1-2H2. The monoisotopic (exact) mass is 1280 g/mol. The van der Waals surface area contributed by atoms with Crippen molar-refractivity contribution in [3.8, 4) is 56.4 Å². The van der Waals surface area contributed by atoms with Crippen molar-refractivity contribution in [3.05, 3.63) is 420 Å². The largest absolute Gasteiger partial charge is 0.457 e. The highest BCUT2D eigenvalue weighted by atomic mass is 19.1. The summed E-state index contributed by atoms with van der Waals surface area (Å²) in [5, 5.41) is 0. The molecule has 14 aromatic rings. The fourth-order valence-corrected chi connectivity index (χ4v) is 14.7. The van der Waals surface area contributed by atoms with Crippen LogP contribution in [0.3, 0.4) is 0 Å². The summed E-state index contributed by atoms with van der Waals surface area (Å²) in [7, 11) is 0. The Kier molecular flexibility index (Phi) is 15.4. The second-order valence-corrected chi connectivity index (χ2v) is 24.6. The lowest BCUT2D eigenvalue weighted by molar-refractivity contribution is 0.482. The fraction of sp³-hybridized carbons (Fsp3) is 0.0222. The number of rotatable bonds is 17. The minimum absolute atomic E-state index is 0.343. The van der Waals surface area contributed by atoms with E-state index in [1.165, 1.54) is 48.5 Å². The lowest BCUT2D eigenvalue weighted by atomic mass is 9.67. The van der Waals surface area contributed by atoms with Gasteiger partial charge in [-0.05, 0) is 247 Å². The smallest absolute Gasteiger partial charge is 0.127 e. The van der Waals surface area contributed by atoms with Gasteiger partial charge in [-0.2, -0.15) is 0 Å². The first-order valence-electron chi connectivity index (χ1n) is 32.4. The summed E-state index contributed by atoms with van der Waals surface area (Å²) in [5.41, 5.74) is 18.2. The molecule has 0 saturated carbocycles. The van der Waals surface area contributed by atoms with Gasteiger partial charge in [-0.15, -0.1) is 0 Å². The summed E-state index contributed by atoms with van der Waals surface area (Å²) < 4.78 is 74.2. The Morgan fingerprint density at radius 2 is 0.561 bits per heavy atom. The van der Waals surface area contributed by atoms with Gasteiger partial charge in [0.25, 0.3) is 0 Å². The van der Waals surface area contributed by atoms with Crippen molar-refractivity contribution >= 4 is 46.3 Å². The van der Waals surface area contributed by atoms with Crippen LogP contribution in [0.15, 0.2) is 341 Å². The second kappa shape index (κ2) is 25.0. The summed E-state index contributed by atoms with van der Waals surface area (Å²) in [6.45, 7) is 7.76. The fourth-order valence-electron chi connectivity index (χ4n) is 14.7. The number of benzene rings is 14. The average Bonchev–Trinajstić information content (AvgIpc) is 1.53. The first-order valence-corrected chi connectivity index (χ1v) is 32.4. The molecule has 8 heteroatoms. The molecule has 98 heavy (non-hydrogen) atoms. The number of nitrogens with zero attached hydrogens (tertiary/aromatic N) is 2. The van der Waals surface area contributed by atoms with Crippen LogP contribution in [0.5, 0.6) is 23.0 Å². The van der Waals surface area contributed by atoms with Gasteiger partial charge in [0.05, 0.1) is 10.8 Å². The number of fused-ring (bicyclic) bond motifs is 6. The highest BCUT2D eigenvalue weighted by Crippen LogP contribution is 2.60. The van der Waals surface area contributed by atoms with E-state index in [0.717, 1.165) is 112 Å². The van der Waals surface area contributed by atoms with Gasteiger partial charge in [0.15, 0.2) is 0 Å². The number of ether oxygens (including phenoxy) is 2. The molecule has 0 bridgehead atoms. The molecule has 16 rings (SSSR count). The Hall–Kier alpha value is -12.5. The van der Waals surface area contributed by atoms with E-state index in [1.807, 2.05) is 158 Å². The molecule has 14 aromatic carbocycles. The summed E-state index contributed by atoms with van der Waals surface area (Å²) in [6, 6.07) is 104. The molecule has 0 fully saturated rings. The zero-order valence-electron chi connectivity index (χ0n) is 53.0. The van der Waals surface area contributed by atoms with E-state index in [4.69, 9.17) is 9.47 Å². The van der Waals surface area contributed by atoms with Crippen molar-refractivity contribution in [2.75, 3.05) is 9.80 Å². The molecule has 0 aliphatic heterocycles. The number of anilines is 6. The Morgan fingerprint density at radius 3 is 0.908 bits per heavy atom. The topological polar surface area (TPSA) is 24.9 Å². The highest BCUT2D eigenvalue weighted by molar-refractivity contribution is 5.92. The van der Waals surface area contributed by atoms with Gasteiger partial charge in [0.2, 0.25) is 0 Å². The SMILES string of the molecule is C=Cc1ccc(Oc2ccc(C3(c4ccc(F)cc4)c4ccccc4-c4ccc(N(c5ccc(-c6ccc(N(c7cccc(F)c7)c7ccc8c(c7)C(c7ccc(F)cc7)(c7ccc(Oc9ccc(C=C)cc9)cc7)c7ccccc7-8)cc6)cc5)c5cccc(F)c5)cc43)cc2)cc1. The van der Waals surface area contributed by atoms with Crippen LogP contribution in [0.4, 0.5) is 51.7 Å². The van der Waals surface area contributed by atoms with Gasteiger partial charge in [0.1, 0.15) is 46.3 Å². The summed E-state index contributed by atoms with van der Waals surface area (Å²) in [4.78, 5) is 4.13. The predicted octanol–water partition coefficient (Wildman–Crippen LogP) is 24.4. The number of halogens is 4. The zero-order valence-corrected chi connectivity index (χ0v) is 53.0. The zero-order chi connectivity index (χ0) is 66.5. The maximum Gasteiger partial charge on any atom is 0.127 e. The molecule has 0 N–H and O–H groups in total. The maximum absolute atomic E-state index is 15.6. The van der Waals surface area contributed by atoms with Crippen molar-refractivity contribution < 1.29 is 27.0 Å². The first kappa shape index (κ1) is 60.4. The Bertz CT molecular complexity index is 4990. The van der Waals surface area contributed by atoms with E-state index in [-0.39, 0.29) is 23.3 Å². The van der Waals surface area contributed by atoms with Gasteiger partial charge in [-0.3, -0.25) is 0 Å². The van der Waals surface area contributed by atoms with E-state index in [0.29, 0.717) is 34.4 Å². The lowest BCUT2D eigenvalue weighted by Crippen LogP contribution is -2.29. The van der Waals surface area contributed by atoms with E-state index in [1.54, 1.807) is 24.3 Å². The molecule has 470 valence electrons. The quantitative estimate of drug-likeness (QED) is 0.0849. The summed E-state index contributed by atoms with van der Waals surface area (Å²) in [5.74, 6) is 1.24. The van der Waals surface area contributed by atoms with Crippen LogP contribution in [0.2, 0.25) is 0 Å². The van der Waals surface area contributed by atoms with Crippen LogP contribution in [-0.4, -0.2) is 0 Å². The molecule has 0 radical (unpaired) electrons. The van der Waals surface area contributed by atoms with E-state index in [9.17, 15) is 0 Å². The maximum atomic E-state index is 15.6. The third-order valence-electron chi connectivity index (χ3n) is 19.1. The van der Waals surface area contributed by atoms with E-state index < -0.39 is 10.8 Å². The van der Waals surface area contributed by atoms with E-state index in [2.05, 4.69) is 132 Å². The third-order valence-corrected chi connectivity index (χ3v) is 19.1. The minimum atomic E-state index is -0.918. The van der Waals surface area contributed by atoms with Crippen molar-refractivity contribution in [1.29, 1.82) is 0 Å². The van der Waals surface area contributed by atoms with Gasteiger partial charge >= 0.3 is 0 Å². The van der Waals surface area contributed by atoms with Crippen molar-refractivity contribution in [3.63, 3.8) is 0 Å². The molecule has 2 unspecified atom stereocenters. The Labute approximate surface area is 566 Å². The van der Waals surface area contributed by atoms with Crippen molar-refractivity contribution in [2.45, 2.75) is 10.8 Å². The van der Waals surface area contributed by atoms with Crippen LogP contribution < -0.4 is 19.3 Å². The van der Waals surface area contributed by atoms with Gasteiger partial charge < -0.3 is 19.3 Å². The van der Waals surface area contributed by atoms with Crippen LogP contribution in [0, 0.1) is 23.3 Å². The second-order valence-electron chi connectivity index (χ2n) is 24.6. The third kappa shape index (κ3) is 10.6. The number of hydrogen-bond donors (Lipinski definition) is 0. The summed E-state index contributed by atoms with van der Waals surface area (Å²) >= 11 is 0. The molecule has 2 aliphatic carbocycles. The van der Waals surface area contributed by atoms with Crippen LogP contribution in [-0.2, 0) is 10.8 Å². The molecule has 0 spiro atoms. The Morgan fingerprint density at radius 1 is 0.255 bits per heavy atom. The number of hydrogen-bond acceptors (Lipinski definition) is 4. The van der Waals surface area contributed by atoms with E-state index >= 15 is 17.6 Å². The Balaban J connectivity index is 0.765. The summed E-state index contributed by atoms with van der Waals surface area (Å²) in [6.07, 6.45) is 3.58. The minimum Gasteiger partial charge on any atom is -0.457 e. The van der Waals surface area contributed by atoms with Crippen molar-refractivity contribution in [1.82, 2.24) is 0 Å². The first-order chi connectivity index (χ1) is 48.0. The molecule has 0 saturated heterocycles. The van der Waals surface area contributed by atoms with Gasteiger partial charge in [-0.25, -0.2) is 17.6 Å². The van der Waals surface area contributed by atoms with Crippen LogP contribution in [0.1, 0.15) is 55.6 Å². The average molecular weight is 1280 g/mol. The predicted molar refractivity (Wildman–Crippen MR) is 389 cm³/mol. The highest BCUT2D eigenvalue weighted by Gasteiger charge is 2.48. The molecular weight excluding hydrogens is 1220 g/mol. The van der Waals surface area contributed by atoms with Crippen LogP contribution in [0.25, 0.3) is 45.5 Å². The van der Waals surface area contributed by atoms with Gasteiger partial charge in [-0.1, -0.05) is 195 Å². The lowest BCUT2D eigenvalue weighted by Gasteiger charge is -2.35. The molecule has 2 aliphatic rings. The molecule has 0 aromatic heterocycles. The molecule has 4 nitrogen and oxygen atoms in total. The normalized spacial score (nSPS) is 14.7. The van der Waals surface area contributed by atoms with Crippen molar-refractivity contribution in [2.24, 2.45) is 0 Å².